The summed E-state index contributed by atoms with van der Waals surface area (Å²) in [6.07, 6.45) is 22.7. The molecule has 1 atom stereocenters. The molecular weight excluding hydrogens is 284 g/mol. The summed E-state index contributed by atoms with van der Waals surface area (Å²) in [7, 11) is 0. The normalized spacial score (nSPS) is 12.7. The van der Waals surface area contributed by atoms with Crippen molar-refractivity contribution < 1.29 is 10.2 Å². The Morgan fingerprint density at radius 2 is 0.870 bits per heavy atom. The summed E-state index contributed by atoms with van der Waals surface area (Å²) in [5.41, 5.74) is 0. The molecule has 0 saturated carbocycles. The fourth-order valence-electron chi connectivity index (χ4n) is 3.21. The van der Waals surface area contributed by atoms with E-state index in [1.807, 2.05) is 0 Å². The van der Waals surface area contributed by atoms with Gasteiger partial charge in [-0.2, -0.15) is 0 Å². The van der Waals surface area contributed by atoms with Gasteiger partial charge in [0.1, 0.15) is 0 Å². The van der Waals surface area contributed by atoms with Gasteiger partial charge in [-0.1, -0.05) is 103 Å². The number of hydrogen-bond donors (Lipinski definition) is 2. The molecule has 0 bridgehead atoms. The third-order valence-electron chi connectivity index (χ3n) is 4.84. The molecular formula is C21H44O2. The fraction of sp³-hybridized carbons (Fsp3) is 1.00. The summed E-state index contributed by atoms with van der Waals surface area (Å²) in [5.74, 6) is 0. The smallest absolute Gasteiger partial charge is 0.0540 e. The van der Waals surface area contributed by atoms with Gasteiger partial charge in [-0.15, -0.1) is 0 Å². The SMILES string of the molecule is CCCCCCCCCCCCCCCC(O)CCCCCO. The van der Waals surface area contributed by atoms with Crippen molar-refractivity contribution in [3.05, 3.63) is 0 Å². The first kappa shape index (κ1) is 22.9. The standard InChI is InChI=1S/C21H44O2/c1-2-3-4-5-6-7-8-9-10-11-12-13-15-18-21(23)19-16-14-17-20-22/h21-23H,2-20H2,1H3. The zero-order valence-corrected chi connectivity index (χ0v) is 15.9. The van der Waals surface area contributed by atoms with Crippen molar-refractivity contribution in [1.82, 2.24) is 0 Å². The molecule has 23 heavy (non-hydrogen) atoms. The molecule has 1 unspecified atom stereocenters. The second-order valence-electron chi connectivity index (χ2n) is 7.26. The number of aliphatic hydroxyl groups is 2. The van der Waals surface area contributed by atoms with Crippen LogP contribution in [0.25, 0.3) is 0 Å². The monoisotopic (exact) mass is 328 g/mol. The van der Waals surface area contributed by atoms with E-state index in [-0.39, 0.29) is 12.7 Å². The first-order chi connectivity index (χ1) is 11.3. The summed E-state index contributed by atoms with van der Waals surface area (Å²) < 4.78 is 0. The zero-order chi connectivity index (χ0) is 17.0. The first-order valence-corrected chi connectivity index (χ1v) is 10.6. The predicted molar refractivity (Wildman–Crippen MR) is 102 cm³/mol. The maximum atomic E-state index is 9.86. The lowest BCUT2D eigenvalue weighted by molar-refractivity contribution is 0.146. The molecule has 140 valence electrons. The van der Waals surface area contributed by atoms with Crippen molar-refractivity contribution in [2.45, 2.75) is 129 Å². The first-order valence-electron chi connectivity index (χ1n) is 10.6. The molecule has 0 saturated heterocycles. The molecule has 0 heterocycles. The molecule has 0 aromatic rings. The Labute approximate surface area is 146 Å². The summed E-state index contributed by atoms with van der Waals surface area (Å²) in [4.78, 5) is 0. The number of unbranched alkanes of at least 4 members (excludes halogenated alkanes) is 14. The number of hydrogen-bond acceptors (Lipinski definition) is 2. The molecule has 0 radical (unpaired) electrons. The third-order valence-corrected chi connectivity index (χ3v) is 4.84. The van der Waals surface area contributed by atoms with E-state index in [9.17, 15) is 5.11 Å². The van der Waals surface area contributed by atoms with Crippen LogP contribution in [0.1, 0.15) is 122 Å². The van der Waals surface area contributed by atoms with Crippen molar-refractivity contribution >= 4 is 0 Å². The van der Waals surface area contributed by atoms with Crippen LogP contribution in [0.2, 0.25) is 0 Å². The van der Waals surface area contributed by atoms with Crippen LogP contribution in [0.5, 0.6) is 0 Å². The average Bonchev–Trinajstić information content (AvgIpc) is 2.56. The van der Waals surface area contributed by atoms with Gasteiger partial charge in [0.25, 0.3) is 0 Å². The van der Waals surface area contributed by atoms with Gasteiger partial charge >= 0.3 is 0 Å². The Hall–Kier alpha value is -0.0800. The summed E-state index contributed by atoms with van der Waals surface area (Å²) >= 11 is 0. The lowest BCUT2D eigenvalue weighted by atomic mass is 10.0. The molecule has 0 rings (SSSR count). The average molecular weight is 329 g/mol. The van der Waals surface area contributed by atoms with Gasteiger partial charge in [0.05, 0.1) is 6.10 Å². The van der Waals surface area contributed by atoms with Crippen LogP contribution in [0.3, 0.4) is 0 Å². The van der Waals surface area contributed by atoms with Crippen LogP contribution in [0, 0.1) is 0 Å². The van der Waals surface area contributed by atoms with Gasteiger partial charge in [0.15, 0.2) is 0 Å². The number of rotatable bonds is 19. The minimum absolute atomic E-state index is 0.110. The van der Waals surface area contributed by atoms with E-state index >= 15 is 0 Å². The highest BCUT2D eigenvalue weighted by Crippen LogP contribution is 2.14. The Morgan fingerprint density at radius 1 is 0.522 bits per heavy atom. The molecule has 0 fully saturated rings. The summed E-state index contributed by atoms with van der Waals surface area (Å²) in [6, 6.07) is 0. The van der Waals surface area contributed by atoms with Crippen LogP contribution in [-0.4, -0.2) is 22.9 Å². The second kappa shape index (κ2) is 20.0. The van der Waals surface area contributed by atoms with Crippen molar-refractivity contribution in [3.8, 4) is 0 Å². The Morgan fingerprint density at radius 3 is 1.26 bits per heavy atom. The Balaban J connectivity index is 3.07. The van der Waals surface area contributed by atoms with E-state index in [1.165, 1.54) is 83.5 Å². The minimum Gasteiger partial charge on any atom is -0.396 e. The highest BCUT2D eigenvalue weighted by atomic mass is 16.3. The highest BCUT2D eigenvalue weighted by Gasteiger charge is 2.03. The van der Waals surface area contributed by atoms with Crippen LogP contribution < -0.4 is 0 Å². The van der Waals surface area contributed by atoms with Gasteiger partial charge in [0, 0.05) is 6.61 Å². The van der Waals surface area contributed by atoms with Crippen molar-refractivity contribution in [1.29, 1.82) is 0 Å². The molecule has 0 aliphatic carbocycles. The Kier molecular flexibility index (Phi) is 19.9. The Bertz CT molecular complexity index is 206. The van der Waals surface area contributed by atoms with Crippen LogP contribution >= 0.6 is 0 Å². The van der Waals surface area contributed by atoms with Crippen LogP contribution in [0.4, 0.5) is 0 Å². The van der Waals surface area contributed by atoms with E-state index in [4.69, 9.17) is 5.11 Å². The van der Waals surface area contributed by atoms with E-state index in [2.05, 4.69) is 6.92 Å². The third kappa shape index (κ3) is 19.9. The maximum absolute atomic E-state index is 9.86. The fourth-order valence-corrected chi connectivity index (χ4v) is 3.21. The molecule has 0 aliphatic heterocycles. The minimum atomic E-state index is -0.110. The lowest BCUT2D eigenvalue weighted by Crippen LogP contribution is -2.06. The van der Waals surface area contributed by atoms with Crippen molar-refractivity contribution in [2.24, 2.45) is 0 Å². The molecule has 2 N–H and O–H groups in total. The van der Waals surface area contributed by atoms with Crippen molar-refractivity contribution in [2.75, 3.05) is 6.61 Å². The van der Waals surface area contributed by atoms with E-state index in [1.54, 1.807) is 0 Å². The van der Waals surface area contributed by atoms with Crippen LogP contribution in [-0.2, 0) is 0 Å². The molecule has 0 aliphatic rings. The molecule has 0 aromatic carbocycles. The molecule has 2 heteroatoms. The second-order valence-corrected chi connectivity index (χ2v) is 7.26. The van der Waals surface area contributed by atoms with E-state index < -0.39 is 0 Å². The molecule has 0 amide bonds. The van der Waals surface area contributed by atoms with Gasteiger partial charge in [-0.05, 0) is 19.3 Å². The molecule has 0 spiro atoms. The zero-order valence-electron chi connectivity index (χ0n) is 15.9. The molecule has 2 nitrogen and oxygen atoms in total. The summed E-state index contributed by atoms with van der Waals surface area (Å²) in [5, 5.41) is 18.6. The van der Waals surface area contributed by atoms with Gasteiger partial charge < -0.3 is 10.2 Å². The summed E-state index contributed by atoms with van der Waals surface area (Å²) in [6.45, 7) is 2.56. The van der Waals surface area contributed by atoms with Crippen LogP contribution in [0.15, 0.2) is 0 Å². The topological polar surface area (TPSA) is 40.5 Å². The number of aliphatic hydroxyl groups excluding tert-OH is 2. The van der Waals surface area contributed by atoms with E-state index in [0.29, 0.717) is 0 Å². The van der Waals surface area contributed by atoms with Gasteiger partial charge in [-0.3, -0.25) is 0 Å². The highest BCUT2D eigenvalue weighted by molar-refractivity contribution is 4.57. The van der Waals surface area contributed by atoms with Gasteiger partial charge in [-0.25, -0.2) is 0 Å². The van der Waals surface area contributed by atoms with E-state index in [0.717, 1.165) is 32.1 Å². The largest absolute Gasteiger partial charge is 0.396 e. The van der Waals surface area contributed by atoms with Gasteiger partial charge in [0.2, 0.25) is 0 Å². The maximum Gasteiger partial charge on any atom is 0.0540 e. The molecule has 0 aromatic heterocycles. The lowest BCUT2D eigenvalue weighted by Gasteiger charge is -2.10. The van der Waals surface area contributed by atoms with Crippen molar-refractivity contribution in [3.63, 3.8) is 0 Å². The quantitative estimate of drug-likeness (QED) is 0.270. The predicted octanol–water partition coefficient (Wildman–Crippen LogP) is 6.38.